The molecule has 0 bridgehead atoms. The first-order valence-electron chi connectivity index (χ1n) is 7.83. The second kappa shape index (κ2) is 7.57. The lowest BCUT2D eigenvalue weighted by atomic mass is 10.1. The van der Waals surface area contributed by atoms with Gasteiger partial charge in [-0.1, -0.05) is 48.0 Å². The van der Waals surface area contributed by atoms with Crippen molar-refractivity contribution < 1.29 is 5.11 Å². The molecular formula is C19H20N4O. The molecule has 3 N–H and O–H groups in total. The fraction of sp³-hybridized carbons (Fsp3) is 0.158. The van der Waals surface area contributed by atoms with Crippen molar-refractivity contribution in [2.24, 2.45) is 0 Å². The van der Waals surface area contributed by atoms with Gasteiger partial charge in [0.25, 0.3) is 0 Å². The third kappa shape index (κ3) is 4.08. The normalized spacial score (nSPS) is 11.8. The lowest BCUT2D eigenvalue weighted by molar-refractivity contribution is 0.276. The number of nitrogens with one attached hydrogen (secondary N) is 2. The highest BCUT2D eigenvalue weighted by Crippen LogP contribution is 2.20. The number of aliphatic hydroxyl groups is 1. The zero-order valence-electron chi connectivity index (χ0n) is 13.5. The van der Waals surface area contributed by atoms with Gasteiger partial charge in [-0.2, -0.15) is 4.98 Å². The summed E-state index contributed by atoms with van der Waals surface area (Å²) < 4.78 is 0. The van der Waals surface area contributed by atoms with E-state index in [0.29, 0.717) is 11.8 Å². The second-order valence-corrected chi connectivity index (χ2v) is 5.55. The smallest absolute Gasteiger partial charge is 0.229 e. The fourth-order valence-electron chi connectivity index (χ4n) is 2.36. The van der Waals surface area contributed by atoms with Gasteiger partial charge in [0.2, 0.25) is 5.95 Å². The zero-order chi connectivity index (χ0) is 16.8. The van der Waals surface area contributed by atoms with Crippen molar-refractivity contribution in [3.63, 3.8) is 0 Å². The van der Waals surface area contributed by atoms with Crippen LogP contribution in [0.5, 0.6) is 0 Å². The molecule has 0 spiro atoms. The van der Waals surface area contributed by atoms with E-state index in [4.69, 9.17) is 0 Å². The van der Waals surface area contributed by atoms with E-state index >= 15 is 0 Å². The summed E-state index contributed by atoms with van der Waals surface area (Å²) in [5.74, 6) is 1.16. The maximum absolute atomic E-state index is 9.69. The third-order valence-corrected chi connectivity index (χ3v) is 3.67. The van der Waals surface area contributed by atoms with Crippen molar-refractivity contribution in [3.05, 3.63) is 78.0 Å². The Morgan fingerprint density at radius 1 is 1.00 bits per heavy atom. The highest BCUT2D eigenvalue weighted by Gasteiger charge is 2.11. The largest absolute Gasteiger partial charge is 0.394 e. The number of benzene rings is 2. The topological polar surface area (TPSA) is 70.1 Å². The van der Waals surface area contributed by atoms with Gasteiger partial charge in [0.1, 0.15) is 5.82 Å². The summed E-state index contributed by atoms with van der Waals surface area (Å²) in [7, 11) is 0. The Hall–Kier alpha value is -2.92. The van der Waals surface area contributed by atoms with Gasteiger partial charge in [0.15, 0.2) is 0 Å². The number of rotatable bonds is 6. The molecule has 0 amide bonds. The van der Waals surface area contributed by atoms with Gasteiger partial charge in [-0.15, -0.1) is 0 Å². The first-order chi connectivity index (χ1) is 11.7. The van der Waals surface area contributed by atoms with Gasteiger partial charge < -0.3 is 15.7 Å². The predicted molar refractivity (Wildman–Crippen MR) is 96.4 cm³/mol. The van der Waals surface area contributed by atoms with Crippen molar-refractivity contribution in [2.45, 2.75) is 13.0 Å². The first-order valence-corrected chi connectivity index (χ1v) is 7.83. The average Bonchev–Trinajstić information content (AvgIpc) is 2.62. The quantitative estimate of drug-likeness (QED) is 0.646. The molecule has 122 valence electrons. The summed E-state index contributed by atoms with van der Waals surface area (Å²) in [5.41, 5.74) is 3.12. The number of hydrogen-bond donors (Lipinski definition) is 3. The van der Waals surface area contributed by atoms with Crippen molar-refractivity contribution in [1.29, 1.82) is 0 Å². The van der Waals surface area contributed by atoms with Crippen LogP contribution in [0.3, 0.4) is 0 Å². The summed E-state index contributed by atoms with van der Waals surface area (Å²) in [6.07, 6.45) is 1.68. The van der Waals surface area contributed by atoms with E-state index in [1.165, 1.54) is 5.56 Å². The Balaban J connectivity index is 1.74. The molecule has 0 aliphatic carbocycles. The molecule has 1 aromatic heterocycles. The minimum atomic E-state index is -0.218. The minimum absolute atomic E-state index is 0.0193. The molecule has 0 fully saturated rings. The van der Waals surface area contributed by atoms with Crippen LogP contribution in [0.15, 0.2) is 66.9 Å². The minimum Gasteiger partial charge on any atom is -0.394 e. The Kier molecular flexibility index (Phi) is 5.03. The van der Waals surface area contributed by atoms with E-state index in [2.05, 4.69) is 20.6 Å². The van der Waals surface area contributed by atoms with Gasteiger partial charge in [-0.05, 0) is 30.7 Å². The van der Waals surface area contributed by atoms with E-state index in [9.17, 15) is 5.11 Å². The molecule has 1 unspecified atom stereocenters. The molecule has 0 radical (unpaired) electrons. The molecule has 2 aromatic carbocycles. The number of aliphatic hydroxyl groups excluding tert-OH is 1. The average molecular weight is 320 g/mol. The van der Waals surface area contributed by atoms with E-state index < -0.39 is 0 Å². The number of hydrogen-bond acceptors (Lipinski definition) is 5. The Morgan fingerprint density at radius 2 is 1.75 bits per heavy atom. The lowest BCUT2D eigenvalue weighted by Gasteiger charge is -2.18. The summed E-state index contributed by atoms with van der Waals surface area (Å²) in [4.78, 5) is 8.68. The second-order valence-electron chi connectivity index (χ2n) is 5.55. The summed E-state index contributed by atoms with van der Waals surface area (Å²) >= 11 is 0. The van der Waals surface area contributed by atoms with Crippen LogP contribution in [-0.4, -0.2) is 21.7 Å². The van der Waals surface area contributed by atoms with Gasteiger partial charge in [-0.3, -0.25) is 0 Å². The van der Waals surface area contributed by atoms with Crippen LogP contribution < -0.4 is 10.6 Å². The fourth-order valence-corrected chi connectivity index (χ4v) is 2.36. The standard InChI is InChI=1S/C19H20N4O/c1-14-7-9-15(10-8-14)17(13-24)22-18-11-12-20-19(23-18)21-16-5-3-2-4-6-16/h2-12,17,24H,13H2,1H3,(H2,20,21,22,23). The molecular weight excluding hydrogens is 300 g/mol. The van der Waals surface area contributed by atoms with Gasteiger partial charge in [0, 0.05) is 11.9 Å². The van der Waals surface area contributed by atoms with Crippen molar-refractivity contribution in [1.82, 2.24) is 9.97 Å². The Morgan fingerprint density at radius 3 is 2.46 bits per heavy atom. The highest BCUT2D eigenvalue weighted by atomic mass is 16.3. The maximum Gasteiger partial charge on any atom is 0.229 e. The molecule has 5 nitrogen and oxygen atoms in total. The van der Waals surface area contributed by atoms with Crippen LogP contribution in [0, 0.1) is 6.92 Å². The monoisotopic (exact) mass is 320 g/mol. The molecule has 1 heterocycles. The SMILES string of the molecule is Cc1ccc(C(CO)Nc2ccnc(Nc3ccccc3)n2)cc1. The molecule has 0 aliphatic rings. The van der Waals surface area contributed by atoms with Crippen LogP contribution in [-0.2, 0) is 0 Å². The van der Waals surface area contributed by atoms with Crippen molar-refractivity contribution in [2.75, 3.05) is 17.2 Å². The van der Waals surface area contributed by atoms with Crippen LogP contribution in [0.1, 0.15) is 17.2 Å². The third-order valence-electron chi connectivity index (χ3n) is 3.67. The molecule has 0 aliphatic heterocycles. The Labute approximate surface area is 141 Å². The molecule has 0 saturated carbocycles. The summed E-state index contributed by atoms with van der Waals surface area (Å²) in [6.45, 7) is 2.02. The number of nitrogens with zero attached hydrogens (tertiary/aromatic N) is 2. The van der Waals surface area contributed by atoms with Gasteiger partial charge >= 0.3 is 0 Å². The molecule has 0 saturated heterocycles. The molecule has 1 atom stereocenters. The lowest BCUT2D eigenvalue weighted by Crippen LogP contribution is -2.16. The van der Waals surface area contributed by atoms with Gasteiger partial charge in [-0.25, -0.2) is 4.98 Å². The van der Waals surface area contributed by atoms with Gasteiger partial charge in [0.05, 0.1) is 12.6 Å². The van der Waals surface area contributed by atoms with E-state index in [1.807, 2.05) is 61.5 Å². The summed E-state index contributed by atoms with van der Waals surface area (Å²) in [5, 5.41) is 16.1. The van der Waals surface area contributed by atoms with E-state index in [1.54, 1.807) is 12.3 Å². The van der Waals surface area contributed by atoms with E-state index in [-0.39, 0.29) is 12.6 Å². The predicted octanol–water partition coefficient (Wildman–Crippen LogP) is 3.67. The van der Waals surface area contributed by atoms with Crippen LogP contribution in [0.4, 0.5) is 17.5 Å². The molecule has 3 aromatic rings. The number of para-hydroxylation sites is 1. The molecule has 3 rings (SSSR count). The van der Waals surface area contributed by atoms with E-state index in [0.717, 1.165) is 11.3 Å². The molecule has 24 heavy (non-hydrogen) atoms. The van der Waals surface area contributed by atoms with Crippen LogP contribution in [0.25, 0.3) is 0 Å². The number of aryl methyl sites for hydroxylation is 1. The van der Waals surface area contributed by atoms with Crippen LogP contribution in [0.2, 0.25) is 0 Å². The number of anilines is 3. The van der Waals surface area contributed by atoms with Crippen LogP contribution >= 0.6 is 0 Å². The zero-order valence-corrected chi connectivity index (χ0v) is 13.5. The highest BCUT2D eigenvalue weighted by molar-refractivity contribution is 5.54. The first kappa shape index (κ1) is 16.0. The van der Waals surface area contributed by atoms with Crippen molar-refractivity contribution >= 4 is 17.5 Å². The maximum atomic E-state index is 9.69. The molecule has 5 heteroatoms. The Bertz CT molecular complexity index is 775. The summed E-state index contributed by atoms with van der Waals surface area (Å²) in [6, 6.07) is 19.4. The van der Waals surface area contributed by atoms with Crippen molar-refractivity contribution in [3.8, 4) is 0 Å². The number of aromatic nitrogens is 2.